The zero-order valence-corrected chi connectivity index (χ0v) is 8.94. The van der Waals surface area contributed by atoms with Gasteiger partial charge in [0.2, 0.25) is 0 Å². The minimum Gasteiger partial charge on any atom is -0.458 e. The van der Waals surface area contributed by atoms with Crippen molar-refractivity contribution in [3.05, 3.63) is 40.0 Å². The fourth-order valence-electron chi connectivity index (χ4n) is 1.43. The number of hydrogen-bond donors (Lipinski definition) is 0. The summed E-state index contributed by atoms with van der Waals surface area (Å²) in [6.07, 6.45) is 0. The second kappa shape index (κ2) is 3.38. The van der Waals surface area contributed by atoms with Gasteiger partial charge in [-0.2, -0.15) is 0 Å². The highest BCUT2D eigenvalue weighted by atomic mass is 16.3. The van der Waals surface area contributed by atoms with Crippen LogP contribution in [-0.2, 0) is 7.05 Å². The van der Waals surface area contributed by atoms with Crippen LogP contribution in [0.15, 0.2) is 27.4 Å². The molecule has 2 aromatic rings. The van der Waals surface area contributed by atoms with Gasteiger partial charge in [0.25, 0.3) is 5.56 Å². The van der Waals surface area contributed by atoms with E-state index in [1.165, 1.54) is 10.6 Å². The molecule has 4 nitrogen and oxygen atoms in total. The number of hydrogen-bond acceptors (Lipinski definition) is 3. The first-order chi connectivity index (χ1) is 7.08. The summed E-state index contributed by atoms with van der Waals surface area (Å²) in [4.78, 5) is 15.8. The molecule has 0 aromatic carbocycles. The summed E-state index contributed by atoms with van der Waals surface area (Å²) in [5.41, 5.74) is 0.619. The van der Waals surface area contributed by atoms with Gasteiger partial charge >= 0.3 is 0 Å². The summed E-state index contributed by atoms with van der Waals surface area (Å²) in [5.74, 6) is 1.99. The van der Waals surface area contributed by atoms with E-state index in [1.807, 2.05) is 19.1 Å². The number of aromatic nitrogens is 2. The Bertz CT molecular complexity index is 552. The number of aryl methyl sites for hydroxylation is 2. The molecule has 0 aliphatic carbocycles. The van der Waals surface area contributed by atoms with Gasteiger partial charge in [-0.25, -0.2) is 4.98 Å². The lowest BCUT2D eigenvalue weighted by molar-refractivity contribution is 0.538. The van der Waals surface area contributed by atoms with Gasteiger partial charge in [-0.05, 0) is 26.0 Å². The fourth-order valence-corrected chi connectivity index (χ4v) is 1.43. The van der Waals surface area contributed by atoms with Crippen LogP contribution in [0.25, 0.3) is 11.6 Å². The van der Waals surface area contributed by atoms with E-state index >= 15 is 0 Å². The maximum atomic E-state index is 11.5. The molecular formula is C11H12N2O2. The molecule has 0 bridgehead atoms. The smallest absolute Gasteiger partial charge is 0.253 e. The van der Waals surface area contributed by atoms with Crippen molar-refractivity contribution >= 4 is 0 Å². The van der Waals surface area contributed by atoms with E-state index in [2.05, 4.69) is 4.98 Å². The van der Waals surface area contributed by atoms with Crippen LogP contribution < -0.4 is 5.56 Å². The van der Waals surface area contributed by atoms with Crippen molar-refractivity contribution in [3.8, 4) is 11.6 Å². The Balaban J connectivity index is 2.67. The monoisotopic (exact) mass is 204 g/mol. The summed E-state index contributed by atoms with van der Waals surface area (Å²) in [7, 11) is 1.68. The normalized spacial score (nSPS) is 10.6. The molecule has 2 rings (SSSR count). The minimum atomic E-state index is -0.0773. The predicted octanol–water partition coefficient (Wildman–Crippen LogP) is 1.66. The highest BCUT2D eigenvalue weighted by molar-refractivity contribution is 5.47. The topological polar surface area (TPSA) is 48.0 Å². The Morgan fingerprint density at radius 3 is 2.67 bits per heavy atom. The molecule has 4 heteroatoms. The Hall–Kier alpha value is -1.84. The molecular weight excluding hydrogens is 192 g/mol. The summed E-state index contributed by atoms with van der Waals surface area (Å²) in [5, 5.41) is 0. The SMILES string of the molecule is Cc1cc(=O)n(C)c(-c2ccc(C)o2)n1. The largest absolute Gasteiger partial charge is 0.458 e. The number of rotatable bonds is 1. The molecule has 0 saturated carbocycles. The zero-order chi connectivity index (χ0) is 11.0. The van der Waals surface area contributed by atoms with Crippen LogP contribution in [0.5, 0.6) is 0 Å². The highest BCUT2D eigenvalue weighted by Crippen LogP contribution is 2.18. The van der Waals surface area contributed by atoms with E-state index in [9.17, 15) is 4.79 Å². The third-order valence-electron chi connectivity index (χ3n) is 2.22. The second-order valence-corrected chi connectivity index (χ2v) is 3.53. The average molecular weight is 204 g/mol. The van der Waals surface area contributed by atoms with Gasteiger partial charge in [-0.15, -0.1) is 0 Å². The molecule has 2 aromatic heterocycles. The maximum absolute atomic E-state index is 11.5. The Kier molecular flexibility index (Phi) is 2.19. The predicted molar refractivity (Wildman–Crippen MR) is 56.7 cm³/mol. The number of furan rings is 1. The molecule has 15 heavy (non-hydrogen) atoms. The Morgan fingerprint density at radius 2 is 2.07 bits per heavy atom. The minimum absolute atomic E-state index is 0.0773. The highest BCUT2D eigenvalue weighted by Gasteiger charge is 2.09. The van der Waals surface area contributed by atoms with Crippen LogP contribution in [-0.4, -0.2) is 9.55 Å². The molecule has 0 amide bonds. The van der Waals surface area contributed by atoms with Crippen molar-refractivity contribution in [1.29, 1.82) is 0 Å². The fraction of sp³-hybridized carbons (Fsp3) is 0.273. The molecule has 0 aliphatic heterocycles. The third kappa shape index (κ3) is 1.70. The van der Waals surface area contributed by atoms with Crippen LogP contribution in [0.1, 0.15) is 11.5 Å². The van der Waals surface area contributed by atoms with E-state index in [0.717, 1.165) is 5.76 Å². The average Bonchev–Trinajstić information content (AvgIpc) is 2.58. The standard InChI is InChI=1S/C11H12N2O2/c1-7-6-10(14)13(3)11(12-7)9-5-4-8(2)15-9/h4-6H,1-3H3. The molecule has 0 spiro atoms. The third-order valence-corrected chi connectivity index (χ3v) is 2.22. The van der Waals surface area contributed by atoms with E-state index in [1.54, 1.807) is 14.0 Å². The summed E-state index contributed by atoms with van der Waals surface area (Å²) < 4.78 is 6.92. The van der Waals surface area contributed by atoms with Crippen LogP contribution in [0.2, 0.25) is 0 Å². The summed E-state index contributed by atoms with van der Waals surface area (Å²) >= 11 is 0. The lowest BCUT2D eigenvalue weighted by Crippen LogP contribution is -2.19. The van der Waals surface area contributed by atoms with Crippen molar-refractivity contribution in [2.24, 2.45) is 7.05 Å². The molecule has 0 fully saturated rings. The zero-order valence-electron chi connectivity index (χ0n) is 8.94. The van der Waals surface area contributed by atoms with Gasteiger partial charge in [-0.3, -0.25) is 9.36 Å². The van der Waals surface area contributed by atoms with Crippen LogP contribution in [0, 0.1) is 13.8 Å². The molecule has 2 heterocycles. The molecule has 0 radical (unpaired) electrons. The van der Waals surface area contributed by atoms with E-state index in [0.29, 0.717) is 17.3 Å². The molecule has 0 saturated heterocycles. The van der Waals surface area contributed by atoms with Crippen molar-refractivity contribution in [3.63, 3.8) is 0 Å². The first-order valence-electron chi connectivity index (χ1n) is 4.69. The van der Waals surface area contributed by atoms with Crippen LogP contribution >= 0.6 is 0 Å². The quantitative estimate of drug-likeness (QED) is 0.709. The van der Waals surface area contributed by atoms with Crippen molar-refractivity contribution in [2.75, 3.05) is 0 Å². The molecule has 78 valence electrons. The summed E-state index contributed by atoms with van der Waals surface area (Å²) in [6.45, 7) is 3.65. The van der Waals surface area contributed by atoms with Crippen molar-refractivity contribution in [2.45, 2.75) is 13.8 Å². The van der Waals surface area contributed by atoms with Crippen LogP contribution in [0.4, 0.5) is 0 Å². The lowest BCUT2D eigenvalue weighted by atomic mass is 10.3. The van der Waals surface area contributed by atoms with Gasteiger partial charge in [0.15, 0.2) is 11.6 Å². The Labute approximate surface area is 87.2 Å². The van der Waals surface area contributed by atoms with Gasteiger partial charge in [0.1, 0.15) is 5.76 Å². The Morgan fingerprint density at radius 1 is 1.33 bits per heavy atom. The van der Waals surface area contributed by atoms with E-state index < -0.39 is 0 Å². The summed E-state index contributed by atoms with van der Waals surface area (Å²) in [6, 6.07) is 5.17. The van der Waals surface area contributed by atoms with Gasteiger partial charge in [-0.1, -0.05) is 0 Å². The maximum Gasteiger partial charge on any atom is 0.253 e. The molecule has 0 N–H and O–H groups in total. The van der Waals surface area contributed by atoms with Crippen molar-refractivity contribution in [1.82, 2.24) is 9.55 Å². The van der Waals surface area contributed by atoms with Crippen LogP contribution in [0.3, 0.4) is 0 Å². The first kappa shape index (κ1) is 9.71. The van der Waals surface area contributed by atoms with E-state index in [-0.39, 0.29) is 5.56 Å². The molecule has 0 unspecified atom stereocenters. The lowest BCUT2D eigenvalue weighted by Gasteiger charge is -2.04. The number of nitrogens with zero attached hydrogens (tertiary/aromatic N) is 2. The van der Waals surface area contributed by atoms with Crippen molar-refractivity contribution < 1.29 is 4.42 Å². The molecule has 0 atom stereocenters. The van der Waals surface area contributed by atoms with Gasteiger partial charge in [0.05, 0.1) is 0 Å². The van der Waals surface area contributed by atoms with Gasteiger partial charge in [0, 0.05) is 18.8 Å². The van der Waals surface area contributed by atoms with E-state index in [4.69, 9.17) is 4.42 Å². The van der Waals surface area contributed by atoms with Gasteiger partial charge < -0.3 is 4.42 Å². The molecule has 0 aliphatic rings. The second-order valence-electron chi connectivity index (χ2n) is 3.53. The first-order valence-corrected chi connectivity index (χ1v) is 4.69.